The zero-order valence-electron chi connectivity index (χ0n) is 60.2. The Bertz CT molecular complexity index is 1820. The second-order valence-corrected chi connectivity index (χ2v) is 30.7. The number of ether oxygens (including phenoxy) is 4. The molecule has 0 aliphatic rings. The molecule has 19 heteroatoms. The van der Waals surface area contributed by atoms with Crippen molar-refractivity contribution in [1.29, 1.82) is 0 Å². The van der Waals surface area contributed by atoms with Crippen LogP contribution in [0.4, 0.5) is 0 Å². The zero-order valence-corrected chi connectivity index (χ0v) is 62.0. The van der Waals surface area contributed by atoms with Crippen LogP contribution in [-0.4, -0.2) is 96.7 Å². The minimum Gasteiger partial charge on any atom is -0.462 e. The quantitative estimate of drug-likeness (QED) is 0.0222. The molecule has 546 valence electrons. The number of phosphoric ester groups is 2. The van der Waals surface area contributed by atoms with Gasteiger partial charge in [-0.2, -0.15) is 0 Å². The summed E-state index contributed by atoms with van der Waals surface area (Å²) in [7, 11) is -9.90. The Hall–Kier alpha value is -1.94. The highest BCUT2D eigenvalue weighted by molar-refractivity contribution is 7.47. The first-order valence-electron chi connectivity index (χ1n) is 37.8. The fraction of sp³-hybridized carbons (Fsp3) is 0.945. The molecule has 0 radical (unpaired) electrons. The third kappa shape index (κ3) is 64.1. The second-order valence-electron chi connectivity index (χ2n) is 27.8. The molecular formula is C73H142O17P2. The van der Waals surface area contributed by atoms with E-state index in [1.165, 1.54) is 161 Å². The summed E-state index contributed by atoms with van der Waals surface area (Å²) in [6, 6.07) is 0. The van der Waals surface area contributed by atoms with E-state index in [0.29, 0.717) is 31.6 Å². The molecule has 0 fully saturated rings. The SMILES string of the molecule is CCC(C)CCCCCCCCCCCCCCCCCCCCC(=O)O[C@H](COC(=O)CCCCCCCCC(C)C)COP(=O)(O)OC[C@H](O)COP(=O)(O)OC[C@@H](COC(=O)CCCCCCCCCCC(C)C)OC(=O)CCCCCCCCC(C)CC. The smallest absolute Gasteiger partial charge is 0.462 e. The molecule has 0 amide bonds. The monoisotopic (exact) mass is 1350 g/mol. The number of esters is 4. The number of carbonyl (C=O) groups excluding carboxylic acids is 4. The second kappa shape index (κ2) is 62.6. The third-order valence-corrected chi connectivity index (χ3v) is 19.4. The molecule has 0 spiro atoms. The van der Waals surface area contributed by atoms with Crippen LogP contribution in [0.25, 0.3) is 0 Å². The Morgan fingerprint density at radius 1 is 0.304 bits per heavy atom. The van der Waals surface area contributed by atoms with Gasteiger partial charge in [-0.15, -0.1) is 0 Å². The lowest BCUT2D eigenvalue weighted by molar-refractivity contribution is -0.161. The van der Waals surface area contributed by atoms with E-state index in [0.717, 1.165) is 114 Å². The van der Waals surface area contributed by atoms with E-state index in [4.69, 9.17) is 37.0 Å². The molecule has 0 aromatic heterocycles. The van der Waals surface area contributed by atoms with Gasteiger partial charge in [-0.25, -0.2) is 9.13 Å². The van der Waals surface area contributed by atoms with E-state index in [9.17, 15) is 43.2 Å². The van der Waals surface area contributed by atoms with Gasteiger partial charge in [0.15, 0.2) is 12.2 Å². The molecule has 0 heterocycles. The molecule has 7 atom stereocenters. The standard InChI is InChI=1S/C73H142O17P2/c1-9-65(7)51-43-35-26-21-19-17-15-13-11-12-14-16-18-20-22-28-39-47-55-72(77)89-68(60-84-71(76)54-46-38-31-29-34-42-50-64(5)6)61-87-91(79,80)85-57-67(74)58-86-92(81,82)88-62-69(90-73(78)56-48-40-32-30-36-44-52-66(8)10-2)59-83-70(75)53-45-37-27-24-23-25-33-41-49-63(3)4/h63-69,74H,9-62H2,1-8H3,(H,79,80)(H,81,82)/t65?,66?,67-,68+,69+/m0/s1. The van der Waals surface area contributed by atoms with Crippen LogP contribution in [0, 0.1) is 23.7 Å². The predicted octanol–water partition coefficient (Wildman–Crippen LogP) is 20.9. The normalized spacial score (nSPS) is 14.8. The number of carbonyl (C=O) groups is 4. The number of aliphatic hydroxyl groups excluding tert-OH is 1. The van der Waals surface area contributed by atoms with Crippen LogP contribution in [0.5, 0.6) is 0 Å². The minimum atomic E-state index is -4.95. The summed E-state index contributed by atoms with van der Waals surface area (Å²) in [5.74, 6) is 0.865. The number of hydrogen-bond donors (Lipinski definition) is 3. The van der Waals surface area contributed by atoms with E-state index >= 15 is 0 Å². The fourth-order valence-electron chi connectivity index (χ4n) is 11.0. The largest absolute Gasteiger partial charge is 0.472 e. The summed E-state index contributed by atoms with van der Waals surface area (Å²) >= 11 is 0. The topological polar surface area (TPSA) is 237 Å². The average Bonchev–Trinajstić information content (AvgIpc) is 1.66. The zero-order chi connectivity index (χ0) is 68.2. The van der Waals surface area contributed by atoms with Crippen LogP contribution in [0.3, 0.4) is 0 Å². The number of rotatable bonds is 70. The van der Waals surface area contributed by atoms with Gasteiger partial charge in [-0.05, 0) is 49.4 Å². The van der Waals surface area contributed by atoms with E-state index in [-0.39, 0.29) is 25.7 Å². The molecule has 92 heavy (non-hydrogen) atoms. The van der Waals surface area contributed by atoms with Gasteiger partial charge in [-0.3, -0.25) is 37.3 Å². The van der Waals surface area contributed by atoms with Crippen molar-refractivity contribution in [3.05, 3.63) is 0 Å². The van der Waals surface area contributed by atoms with Crippen LogP contribution in [0.2, 0.25) is 0 Å². The van der Waals surface area contributed by atoms with Crippen molar-refractivity contribution in [2.75, 3.05) is 39.6 Å². The van der Waals surface area contributed by atoms with Gasteiger partial charge in [0.05, 0.1) is 26.4 Å². The highest BCUT2D eigenvalue weighted by Gasteiger charge is 2.30. The van der Waals surface area contributed by atoms with Crippen molar-refractivity contribution in [1.82, 2.24) is 0 Å². The summed E-state index contributed by atoms with van der Waals surface area (Å²) in [6.07, 6.45) is 46.2. The molecule has 3 N–H and O–H groups in total. The summed E-state index contributed by atoms with van der Waals surface area (Å²) in [5, 5.41) is 10.6. The Morgan fingerprint density at radius 2 is 0.522 bits per heavy atom. The fourth-order valence-corrected chi connectivity index (χ4v) is 12.5. The van der Waals surface area contributed by atoms with E-state index < -0.39 is 97.5 Å². The first-order chi connectivity index (χ1) is 44.2. The maximum atomic E-state index is 13.0. The molecule has 0 aromatic carbocycles. The van der Waals surface area contributed by atoms with Gasteiger partial charge in [0.25, 0.3) is 0 Å². The van der Waals surface area contributed by atoms with Gasteiger partial charge >= 0.3 is 39.5 Å². The molecular weight excluding hydrogens is 1210 g/mol. The van der Waals surface area contributed by atoms with Crippen molar-refractivity contribution in [2.24, 2.45) is 23.7 Å². The molecule has 0 rings (SSSR count). The number of phosphoric acid groups is 2. The first-order valence-corrected chi connectivity index (χ1v) is 40.8. The van der Waals surface area contributed by atoms with Gasteiger partial charge in [-0.1, -0.05) is 312 Å². The Morgan fingerprint density at radius 3 is 0.772 bits per heavy atom. The summed E-state index contributed by atoms with van der Waals surface area (Å²) in [5.41, 5.74) is 0. The molecule has 0 saturated heterocycles. The lowest BCUT2D eigenvalue weighted by atomic mass is 9.99. The minimum absolute atomic E-state index is 0.102. The number of unbranched alkanes of at least 4 members (excludes halogenated alkanes) is 34. The Labute approximate surface area is 562 Å². The van der Waals surface area contributed by atoms with Crippen molar-refractivity contribution in [2.45, 2.75) is 382 Å². The molecule has 0 aliphatic carbocycles. The van der Waals surface area contributed by atoms with Crippen molar-refractivity contribution < 1.29 is 80.2 Å². The lowest BCUT2D eigenvalue weighted by Crippen LogP contribution is -2.30. The van der Waals surface area contributed by atoms with Crippen molar-refractivity contribution >= 4 is 39.5 Å². The number of hydrogen-bond acceptors (Lipinski definition) is 15. The maximum absolute atomic E-state index is 13.0. The lowest BCUT2D eigenvalue weighted by Gasteiger charge is -2.21. The maximum Gasteiger partial charge on any atom is 0.472 e. The summed E-state index contributed by atoms with van der Waals surface area (Å²) in [6.45, 7) is 14.1. The van der Waals surface area contributed by atoms with Crippen molar-refractivity contribution in [3.8, 4) is 0 Å². The van der Waals surface area contributed by atoms with Crippen molar-refractivity contribution in [3.63, 3.8) is 0 Å². The Kier molecular flexibility index (Phi) is 61.3. The molecule has 0 bridgehead atoms. The summed E-state index contributed by atoms with van der Waals surface area (Å²) in [4.78, 5) is 72.5. The molecule has 0 aliphatic heterocycles. The molecule has 0 saturated carbocycles. The third-order valence-electron chi connectivity index (χ3n) is 17.5. The predicted molar refractivity (Wildman–Crippen MR) is 372 cm³/mol. The Balaban J connectivity index is 5.13. The van der Waals surface area contributed by atoms with Gasteiger partial charge in [0.2, 0.25) is 0 Å². The van der Waals surface area contributed by atoms with Crippen LogP contribution in [-0.2, 0) is 65.4 Å². The van der Waals surface area contributed by atoms with Crippen LogP contribution in [0.15, 0.2) is 0 Å². The van der Waals surface area contributed by atoms with Gasteiger partial charge in [0.1, 0.15) is 19.3 Å². The highest BCUT2D eigenvalue weighted by atomic mass is 31.2. The van der Waals surface area contributed by atoms with Crippen LogP contribution < -0.4 is 0 Å². The van der Waals surface area contributed by atoms with Crippen LogP contribution >= 0.6 is 15.6 Å². The van der Waals surface area contributed by atoms with Crippen LogP contribution in [0.1, 0.15) is 364 Å². The number of aliphatic hydroxyl groups is 1. The first kappa shape index (κ1) is 90.1. The summed E-state index contributed by atoms with van der Waals surface area (Å²) < 4.78 is 68.3. The molecule has 0 aromatic rings. The van der Waals surface area contributed by atoms with E-state index in [1.54, 1.807) is 0 Å². The van der Waals surface area contributed by atoms with Gasteiger partial charge in [0, 0.05) is 25.7 Å². The van der Waals surface area contributed by atoms with E-state index in [1.807, 2.05) is 0 Å². The average molecular weight is 1350 g/mol. The van der Waals surface area contributed by atoms with Gasteiger partial charge < -0.3 is 33.8 Å². The highest BCUT2D eigenvalue weighted by Crippen LogP contribution is 2.45. The molecule has 4 unspecified atom stereocenters. The van der Waals surface area contributed by atoms with E-state index in [2.05, 4.69) is 55.4 Å². The molecule has 17 nitrogen and oxygen atoms in total.